The van der Waals surface area contributed by atoms with Crippen molar-refractivity contribution in [3.05, 3.63) is 33.8 Å². The molecule has 7 heteroatoms. The lowest BCUT2D eigenvalue weighted by atomic mass is 10.1. The van der Waals surface area contributed by atoms with Crippen molar-refractivity contribution in [1.82, 2.24) is 9.80 Å². The molecule has 0 spiro atoms. The summed E-state index contributed by atoms with van der Waals surface area (Å²) in [6.07, 6.45) is -0.409. The van der Waals surface area contributed by atoms with Gasteiger partial charge in [0.2, 0.25) is 0 Å². The van der Waals surface area contributed by atoms with Crippen LogP contribution in [-0.4, -0.2) is 67.8 Å². The number of nitrogens with zero attached hydrogens (tertiary/aromatic N) is 2. The van der Waals surface area contributed by atoms with Gasteiger partial charge in [-0.25, -0.2) is 0 Å². The number of hydrogen-bond donors (Lipinski definition) is 0. The van der Waals surface area contributed by atoms with Crippen LogP contribution in [0.15, 0.2) is 18.2 Å². The van der Waals surface area contributed by atoms with E-state index >= 15 is 0 Å². The number of carbonyl (C=O) groups is 1. The van der Waals surface area contributed by atoms with Crippen LogP contribution in [0.2, 0.25) is 10.0 Å². The number of ether oxygens (including phenoxy) is 2. The van der Waals surface area contributed by atoms with Crippen molar-refractivity contribution in [2.75, 3.05) is 46.0 Å². The Morgan fingerprint density at radius 3 is 2.70 bits per heavy atom. The molecule has 126 valence electrons. The van der Waals surface area contributed by atoms with E-state index in [1.54, 1.807) is 6.07 Å². The molecule has 0 radical (unpaired) electrons. The second-order valence-electron chi connectivity index (χ2n) is 5.77. The van der Waals surface area contributed by atoms with Gasteiger partial charge in [0.1, 0.15) is 6.10 Å². The highest BCUT2D eigenvalue weighted by atomic mass is 35.5. The first-order valence-electron chi connectivity index (χ1n) is 7.78. The second-order valence-corrected chi connectivity index (χ2v) is 6.61. The highest BCUT2D eigenvalue weighted by molar-refractivity contribution is 6.35. The van der Waals surface area contributed by atoms with Gasteiger partial charge in [0.25, 0.3) is 5.91 Å². The molecular weight excluding hydrogens is 339 g/mol. The lowest BCUT2D eigenvalue weighted by Crippen LogP contribution is -2.53. The third kappa shape index (κ3) is 4.37. The van der Waals surface area contributed by atoms with Gasteiger partial charge in [0.15, 0.2) is 0 Å². The molecule has 2 heterocycles. The first-order valence-corrected chi connectivity index (χ1v) is 8.53. The van der Waals surface area contributed by atoms with Gasteiger partial charge in [-0.3, -0.25) is 9.69 Å². The van der Waals surface area contributed by atoms with Crippen LogP contribution >= 0.6 is 23.2 Å². The molecule has 1 aromatic rings. The van der Waals surface area contributed by atoms with E-state index in [1.165, 1.54) is 0 Å². The Morgan fingerprint density at radius 2 is 1.96 bits per heavy atom. The molecule has 1 atom stereocenters. The first-order chi connectivity index (χ1) is 11.1. The van der Waals surface area contributed by atoms with Crippen molar-refractivity contribution in [2.24, 2.45) is 0 Å². The maximum absolute atomic E-state index is 12.5. The average molecular weight is 359 g/mol. The molecule has 2 aliphatic rings. The van der Waals surface area contributed by atoms with Gasteiger partial charge in [0, 0.05) is 42.8 Å². The van der Waals surface area contributed by atoms with E-state index in [9.17, 15) is 4.79 Å². The lowest BCUT2D eigenvalue weighted by molar-refractivity contribution is -0.153. The summed E-state index contributed by atoms with van der Waals surface area (Å²) in [5.74, 6) is 0.0557. The summed E-state index contributed by atoms with van der Waals surface area (Å²) in [5.41, 5.74) is 1.01. The number of benzene rings is 1. The van der Waals surface area contributed by atoms with E-state index in [1.807, 2.05) is 17.0 Å². The highest BCUT2D eigenvalue weighted by Crippen LogP contribution is 2.23. The minimum absolute atomic E-state index is 0.0557. The largest absolute Gasteiger partial charge is 0.378 e. The first kappa shape index (κ1) is 17.0. The van der Waals surface area contributed by atoms with E-state index in [-0.39, 0.29) is 5.91 Å². The molecule has 0 saturated carbocycles. The van der Waals surface area contributed by atoms with Gasteiger partial charge < -0.3 is 14.4 Å². The zero-order valence-electron chi connectivity index (χ0n) is 12.8. The molecule has 0 N–H and O–H groups in total. The van der Waals surface area contributed by atoms with E-state index in [0.29, 0.717) is 56.0 Å². The van der Waals surface area contributed by atoms with E-state index in [0.717, 1.165) is 12.1 Å². The zero-order valence-corrected chi connectivity index (χ0v) is 14.4. The van der Waals surface area contributed by atoms with Crippen molar-refractivity contribution in [2.45, 2.75) is 12.6 Å². The molecule has 5 nitrogen and oxygen atoms in total. The molecule has 3 rings (SSSR count). The van der Waals surface area contributed by atoms with Crippen LogP contribution in [0.3, 0.4) is 0 Å². The predicted molar refractivity (Wildman–Crippen MR) is 88.9 cm³/mol. The Balaban J connectivity index is 1.60. The SMILES string of the molecule is O=C(C1CN(Cc2ccc(Cl)cc2Cl)CCO1)N1CCOCC1. The zero-order chi connectivity index (χ0) is 16.2. The van der Waals surface area contributed by atoms with Crippen LogP contribution in [0, 0.1) is 0 Å². The fourth-order valence-corrected chi connectivity index (χ4v) is 3.34. The van der Waals surface area contributed by atoms with Crippen molar-refractivity contribution >= 4 is 29.1 Å². The molecule has 2 saturated heterocycles. The lowest BCUT2D eigenvalue weighted by Gasteiger charge is -2.36. The minimum Gasteiger partial charge on any atom is -0.378 e. The summed E-state index contributed by atoms with van der Waals surface area (Å²) in [6, 6.07) is 5.51. The molecule has 1 unspecified atom stereocenters. The number of hydrogen-bond acceptors (Lipinski definition) is 4. The second kappa shape index (κ2) is 7.81. The number of amides is 1. The Kier molecular flexibility index (Phi) is 5.77. The smallest absolute Gasteiger partial charge is 0.253 e. The van der Waals surface area contributed by atoms with Gasteiger partial charge in [-0.05, 0) is 17.7 Å². The van der Waals surface area contributed by atoms with Crippen molar-refractivity contribution in [3.63, 3.8) is 0 Å². The molecule has 2 aliphatic heterocycles. The fourth-order valence-electron chi connectivity index (χ4n) is 2.87. The number of rotatable bonds is 3. The number of carbonyl (C=O) groups excluding carboxylic acids is 1. The third-order valence-corrected chi connectivity index (χ3v) is 4.74. The summed E-state index contributed by atoms with van der Waals surface area (Å²) in [7, 11) is 0. The molecule has 23 heavy (non-hydrogen) atoms. The maximum atomic E-state index is 12.5. The Labute approximate surface area is 146 Å². The van der Waals surface area contributed by atoms with Gasteiger partial charge in [-0.2, -0.15) is 0 Å². The molecule has 0 bridgehead atoms. The number of halogens is 2. The maximum Gasteiger partial charge on any atom is 0.253 e. The summed E-state index contributed by atoms with van der Waals surface area (Å²) in [6.45, 7) is 5.08. The molecular formula is C16H20Cl2N2O3. The van der Waals surface area contributed by atoms with E-state index < -0.39 is 6.10 Å². The fraction of sp³-hybridized carbons (Fsp3) is 0.562. The number of morpholine rings is 2. The third-order valence-electron chi connectivity index (χ3n) is 4.16. The van der Waals surface area contributed by atoms with Gasteiger partial charge in [-0.15, -0.1) is 0 Å². The molecule has 0 aliphatic carbocycles. The van der Waals surface area contributed by atoms with Gasteiger partial charge >= 0.3 is 0 Å². The van der Waals surface area contributed by atoms with Crippen LogP contribution in [0.1, 0.15) is 5.56 Å². The summed E-state index contributed by atoms with van der Waals surface area (Å²) >= 11 is 12.2. The van der Waals surface area contributed by atoms with Gasteiger partial charge in [0.05, 0.1) is 19.8 Å². The Morgan fingerprint density at radius 1 is 1.17 bits per heavy atom. The molecule has 1 aromatic carbocycles. The van der Waals surface area contributed by atoms with Crippen LogP contribution in [0.25, 0.3) is 0 Å². The van der Waals surface area contributed by atoms with Crippen LogP contribution in [0.4, 0.5) is 0 Å². The van der Waals surface area contributed by atoms with Crippen molar-refractivity contribution in [1.29, 1.82) is 0 Å². The topological polar surface area (TPSA) is 42.0 Å². The van der Waals surface area contributed by atoms with Gasteiger partial charge in [-0.1, -0.05) is 29.3 Å². The molecule has 1 amide bonds. The Bertz CT molecular complexity index is 564. The quantitative estimate of drug-likeness (QED) is 0.829. The minimum atomic E-state index is -0.409. The summed E-state index contributed by atoms with van der Waals surface area (Å²) in [5, 5.41) is 1.28. The van der Waals surface area contributed by atoms with E-state index in [4.69, 9.17) is 32.7 Å². The molecule has 2 fully saturated rings. The van der Waals surface area contributed by atoms with Crippen LogP contribution < -0.4 is 0 Å². The standard InChI is InChI=1S/C16H20Cl2N2O3/c17-13-2-1-12(14(18)9-13)10-19-3-8-23-15(11-19)16(21)20-4-6-22-7-5-20/h1-2,9,15H,3-8,10-11H2. The summed E-state index contributed by atoms with van der Waals surface area (Å²) < 4.78 is 11.0. The Hall–Kier alpha value is -0.850. The van der Waals surface area contributed by atoms with Crippen molar-refractivity contribution < 1.29 is 14.3 Å². The normalized spacial score (nSPS) is 23.0. The predicted octanol–water partition coefficient (Wildman–Crippen LogP) is 2.05. The monoisotopic (exact) mass is 358 g/mol. The summed E-state index contributed by atoms with van der Waals surface area (Å²) in [4.78, 5) is 16.6. The van der Waals surface area contributed by atoms with Crippen molar-refractivity contribution in [3.8, 4) is 0 Å². The average Bonchev–Trinajstić information content (AvgIpc) is 2.58. The van der Waals surface area contributed by atoms with Crippen LogP contribution in [0.5, 0.6) is 0 Å². The highest BCUT2D eigenvalue weighted by Gasteiger charge is 2.31. The van der Waals surface area contributed by atoms with E-state index in [2.05, 4.69) is 4.90 Å². The molecule has 0 aromatic heterocycles. The van der Waals surface area contributed by atoms with Crippen LogP contribution in [-0.2, 0) is 20.8 Å².